The Bertz CT molecular complexity index is 1720. The van der Waals surface area contributed by atoms with Crippen molar-refractivity contribution in [1.82, 2.24) is 10.6 Å². The number of carbonyl (C=O) groups excluding carboxylic acids is 1. The predicted molar refractivity (Wildman–Crippen MR) is 191 cm³/mol. The lowest BCUT2D eigenvalue weighted by Crippen LogP contribution is -2.04. The third kappa shape index (κ3) is 7.13. The Kier molecular flexibility index (Phi) is 10.4. The van der Waals surface area contributed by atoms with Gasteiger partial charge in [0.05, 0.1) is 0 Å². The molecule has 0 unspecified atom stereocenters. The summed E-state index contributed by atoms with van der Waals surface area (Å²) in [7, 11) is 3.92. The zero-order valence-corrected chi connectivity index (χ0v) is 26.4. The van der Waals surface area contributed by atoms with Crippen molar-refractivity contribution >= 4 is 18.2 Å². The molecule has 0 heterocycles. The van der Waals surface area contributed by atoms with E-state index in [0.717, 1.165) is 35.3 Å². The summed E-state index contributed by atoms with van der Waals surface area (Å²) in [6.07, 6.45) is 0. The lowest BCUT2D eigenvalue weighted by Gasteiger charge is -2.12. The van der Waals surface area contributed by atoms with Crippen molar-refractivity contribution in [2.45, 2.75) is 13.1 Å². The molecule has 6 aromatic carbocycles. The number of hydrogen-bond donors (Lipinski definition) is 2. The first-order valence-corrected chi connectivity index (χ1v) is 15.1. The summed E-state index contributed by atoms with van der Waals surface area (Å²) in [4.78, 5) is 13.5. The van der Waals surface area contributed by atoms with E-state index < -0.39 is 0 Å². The number of nitrogens with one attached hydrogen (secondary N) is 2. The molecule has 0 spiro atoms. The molecule has 0 atom stereocenters. The van der Waals surface area contributed by atoms with Crippen LogP contribution in [0.4, 0.5) is 0 Å². The highest BCUT2D eigenvalue weighted by molar-refractivity contribution is 6.09. The Morgan fingerprint density at radius 2 is 0.689 bits per heavy atom. The van der Waals surface area contributed by atoms with Crippen LogP contribution in [0.3, 0.4) is 0 Å². The molecule has 0 bridgehead atoms. The molecule has 0 amide bonds. The van der Waals surface area contributed by atoms with Gasteiger partial charge in [0.25, 0.3) is 0 Å². The third-order valence-electron chi connectivity index (χ3n) is 8.06. The summed E-state index contributed by atoms with van der Waals surface area (Å²) in [5.41, 5.74) is 13.0. The van der Waals surface area contributed by atoms with Crippen LogP contribution in [0.25, 0.3) is 44.5 Å². The molecule has 224 valence electrons. The molecular formula is C41H37ClN2O. The maximum Gasteiger partial charge on any atom is 0.193 e. The lowest BCUT2D eigenvalue weighted by molar-refractivity contribution is 0.103. The van der Waals surface area contributed by atoms with Crippen LogP contribution in [-0.2, 0) is 13.1 Å². The molecule has 0 aromatic heterocycles. The second-order valence-electron chi connectivity index (χ2n) is 11.0. The Morgan fingerprint density at radius 1 is 0.422 bits per heavy atom. The first-order valence-electron chi connectivity index (χ1n) is 15.1. The van der Waals surface area contributed by atoms with E-state index in [1.54, 1.807) is 0 Å². The predicted octanol–water partition coefficient (Wildman–Crippen LogP) is 9.45. The Balaban J connectivity index is 0.00000400. The van der Waals surface area contributed by atoms with Gasteiger partial charge in [-0.3, -0.25) is 4.79 Å². The second-order valence-corrected chi connectivity index (χ2v) is 11.0. The third-order valence-corrected chi connectivity index (χ3v) is 8.06. The number of benzene rings is 6. The van der Waals surface area contributed by atoms with Gasteiger partial charge in [-0.15, -0.1) is 12.4 Å². The highest BCUT2D eigenvalue weighted by Crippen LogP contribution is 2.34. The molecule has 0 fully saturated rings. The molecule has 6 aromatic rings. The van der Waals surface area contributed by atoms with Crippen LogP contribution < -0.4 is 10.6 Å². The van der Waals surface area contributed by atoms with Crippen molar-refractivity contribution in [3.63, 3.8) is 0 Å². The molecule has 6 rings (SSSR count). The van der Waals surface area contributed by atoms with Crippen molar-refractivity contribution in [3.05, 3.63) is 168 Å². The summed E-state index contributed by atoms with van der Waals surface area (Å²) in [5.74, 6) is 0.0184. The van der Waals surface area contributed by atoms with E-state index >= 15 is 0 Å². The van der Waals surface area contributed by atoms with Crippen molar-refractivity contribution in [2.75, 3.05) is 14.1 Å². The Hall–Kier alpha value is -4.80. The molecule has 0 saturated carbocycles. The fraction of sp³-hybridized carbons (Fsp3) is 0.0976. The van der Waals surface area contributed by atoms with Crippen LogP contribution >= 0.6 is 12.4 Å². The van der Waals surface area contributed by atoms with Crippen LogP contribution in [0, 0.1) is 0 Å². The van der Waals surface area contributed by atoms with Gasteiger partial charge in [-0.25, -0.2) is 0 Å². The minimum absolute atomic E-state index is 0. The largest absolute Gasteiger partial charge is 0.316 e. The Morgan fingerprint density at radius 3 is 0.956 bits per heavy atom. The maximum atomic E-state index is 13.5. The van der Waals surface area contributed by atoms with Crippen molar-refractivity contribution in [3.8, 4) is 44.5 Å². The fourth-order valence-electron chi connectivity index (χ4n) is 5.75. The highest BCUT2D eigenvalue weighted by Gasteiger charge is 2.13. The van der Waals surface area contributed by atoms with Gasteiger partial charge in [0.15, 0.2) is 5.78 Å². The highest BCUT2D eigenvalue weighted by atomic mass is 35.5. The van der Waals surface area contributed by atoms with Gasteiger partial charge < -0.3 is 10.6 Å². The molecule has 45 heavy (non-hydrogen) atoms. The number of rotatable bonds is 10. The number of hydrogen-bond acceptors (Lipinski definition) is 3. The van der Waals surface area contributed by atoms with Gasteiger partial charge >= 0.3 is 0 Å². The van der Waals surface area contributed by atoms with Gasteiger partial charge in [-0.1, -0.05) is 146 Å². The number of halogens is 1. The average molecular weight is 609 g/mol. The van der Waals surface area contributed by atoms with E-state index in [1.807, 2.05) is 62.6 Å². The maximum absolute atomic E-state index is 13.5. The smallest absolute Gasteiger partial charge is 0.193 e. The van der Waals surface area contributed by atoms with Crippen LogP contribution in [0.5, 0.6) is 0 Å². The molecule has 0 saturated heterocycles. The van der Waals surface area contributed by atoms with Gasteiger partial charge in [-0.05, 0) is 69.7 Å². The quantitative estimate of drug-likeness (QED) is 0.152. The first-order chi connectivity index (χ1) is 21.6. The molecule has 0 aliphatic rings. The van der Waals surface area contributed by atoms with Gasteiger partial charge in [0.1, 0.15) is 0 Å². The zero-order valence-electron chi connectivity index (χ0n) is 25.6. The average Bonchev–Trinajstić information content (AvgIpc) is 3.09. The molecule has 0 radical (unpaired) electrons. The Labute approximate surface area is 272 Å². The summed E-state index contributed by atoms with van der Waals surface area (Å²) >= 11 is 0. The van der Waals surface area contributed by atoms with E-state index in [4.69, 9.17) is 0 Å². The molecule has 0 aliphatic heterocycles. The fourth-order valence-corrected chi connectivity index (χ4v) is 5.75. The first kappa shape index (κ1) is 31.6. The van der Waals surface area contributed by atoms with Crippen LogP contribution in [0.15, 0.2) is 146 Å². The molecule has 4 heteroatoms. The SMILES string of the molecule is CNCc1ccc(-c2ccccc2-c2ccc(C(=O)c3ccc(-c4ccccc4-c4ccc(CNC)cc4)cc3)cc2)cc1.Cl. The molecule has 3 nitrogen and oxygen atoms in total. The van der Waals surface area contributed by atoms with Gasteiger partial charge in [0, 0.05) is 24.2 Å². The molecule has 2 N–H and O–H groups in total. The van der Waals surface area contributed by atoms with Gasteiger partial charge in [0.2, 0.25) is 0 Å². The monoisotopic (exact) mass is 608 g/mol. The standard InChI is InChI=1S/C41H36N2O.ClH/c1-42-27-29-11-15-31(16-12-29)37-7-3-5-9-39(37)33-19-23-35(24-20-33)41(44)36-25-21-34(22-26-36)40-10-6-4-8-38(40)32-17-13-30(14-18-32)28-43-2;/h3-26,42-43H,27-28H2,1-2H3;1H. The van der Waals surface area contributed by atoms with Crippen molar-refractivity contribution in [1.29, 1.82) is 0 Å². The summed E-state index contributed by atoms with van der Waals surface area (Å²) in [6.45, 7) is 1.69. The van der Waals surface area contributed by atoms with E-state index in [1.165, 1.54) is 33.4 Å². The second kappa shape index (κ2) is 14.8. The number of carbonyl (C=O) groups is 1. The van der Waals surface area contributed by atoms with E-state index in [9.17, 15) is 4.79 Å². The van der Waals surface area contributed by atoms with Crippen LogP contribution in [-0.4, -0.2) is 19.9 Å². The van der Waals surface area contributed by atoms with E-state index in [-0.39, 0.29) is 18.2 Å². The zero-order chi connectivity index (χ0) is 30.3. The van der Waals surface area contributed by atoms with Gasteiger partial charge in [-0.2, -0.15) is 0 Å². The van der Waals surface area contributed by atoms with Crippen LogP contribution in [0.2, 0.25) is 0 Å². The van der Waals surface area contributed by atoms with Crippen LogP contribution in [0.1, 0.15) is 27.0 Å². The minimum Gasteiger partial charge on any atom is -0.316 e. The molecule has 0 aliphatic carbocycles. The summed E-state index contributed by atoms with van der Waals surface area (Å²) in [6, 6.07) is 50.1. The molecular weight excluding hydrogens is 572 g/mol. The van der Waals surface area contributed by atoms with E-state index in [2.05, 4.69) is 108 Å². The minimum atomic E-state index is 0. The summed E-state index contributed by atoms with van der Waals surface area (Å²) in [5, 5.41) is 6.40. The van der Waals surface area contributed by atoms with E-state index in [0.29, 0.717) is 11.1 Å². The lowest BCUT2D eigenvalue weighted by atomic mass is 9.92. The number of ketones is 1. The topological polar surface area (TPSA) is 41.1 Å². The normalized spacial score (nSPS) is 10.7. The van der Waals surface area contributed by atoms with Crippen molar-refractivity contribution < 1.29 is 4.79 Å². The van der Waals surface area contributed by atoms with Crippen molar-refractivity contribution in [2.24, 2.45) is 0 Å². The summed E-state index contributed by atoms with van der Waals surface area (Å²) < 4.78 is 0.